The molecule has 0 saturated carbocycles. The molecule has 0 fully saturated rings. The van der Waals surface area contributed by atoms with Crippen molar-refractivity contribution in [3.8, 4) is 5.75 Å². The van der Waals surface area contributed by atoms with Gasteiger partial charge in [-0.05, 0) is 56.7 Å². The van der Waals surface area contributed by atoms with Crippen LogP contribution in [0.2, 0.25) is 0 Å². The molecular formula is C24H27F2N5O3S2. The van der Waals surface area contributed by atoms with E-state index in [0.29, 0.717) is 34.0 Å². The molecule has 0 spiro atoms. The van der Waals surface area contributed by atoms with Crippen LogP contribution >= 0.6 is 23.1 Å². The highest BCUT2D eigenvalue weighted by molar-refractivity contribution is 7.99. The van der Waals surface area contributed by atoms with Crippen LogP contribution in [0.15, 0.2) is 23.4 Å². The van der Waals surface area contributed by atoms with Gasteiger partial charge >= 0.3 is 0 Å². The van der Waals surface area contributed by atoms with Crippen molar-refractivity contribution in [2.24, 2.45) is 11.7 Å². The highest BCUT2D eigenvalue weighted by Gasteiger charge is 2.27. The summed E-state index contributed by atoms with van der Waals surface area (Å²) in [6.07, 6.45) is 1.96. The predicted molar refractivity (Wildman–Crippen MR) is 134 cm³/mol. The van der Waals surface area contributed by atoms with Gasteiger partial charge in [-0.15, -0.1) is 21.5 Å². The van der Waals surface area contributed by atoms with Gasteiger partial charge in [-0.2, -0.15) is 0 Å². The number of thioether (sulfide) groups is 1. The number of rotatable bonds is 9. The summed E-state index contributed by atoms with van der Waals surface area (Å²) in [5.41, 5.74) is 7.00. The fraction of sp³-hybridized carbons (Fsp3) is 0.417. The Kier molecular flexibility index (Phi) is 7.94. The van der Waals surface area contributed by atoms with E-state index in [1.54, 1.807) is 11.5 Å². The van der Waals surface area contributed by atoms with Crippen LogP contribution < -0.4 is 15.8 Å². The Bertz CT molecular complexity index is 1290. The number of carbonyl (C=O) groups is 2. The van der Waals surface area contributed by atoms with Crippen LogP contribution in [0, 0.1) is 17.6 Å². The van der Waals surface area contributed by atoms with Crippen LogP contribution in [0.4, 0.5) is 13.8 Å². The Morgan fingerprint density at radius 3 is 2.83 bits per heavy atom. The lowest BCUT2D eigenvalue weighted by Gasteiger charge is -2.18. The summed E-state index contributed by atoms with van der Waals surface area (Å²) < 4.78 is 34.6. The van der Waals surface area contributed by atoms with Gasteiger partial charge in [-0.1, -0.05) is 18.7 Å². The molecule has 1 aromatic carbocycles. The van der Waals surface area contributed by atoms with Crippen molar-refractivity contribution in [3.63, 3.8) is 0 Å². The molecule has 2 amide bonds. The van der Waals surface area contributed by atoms with Gasteiger partial charge in [0, 0.05) is 17.5 Å². The topological polar surface area (TPSA) is 112 Å². The lowest BCUT2D eigenvalue weighted by atomic mass is 9.88. The number of anilines is 1. The maximum atomic E-state index is 14.0. The van der Waals surface area contributed by atoms with E-state index >= 15 is 0 Å². The highest BCUT2D eigenvalue weighted by Crippen LogP contribution is 2.39. The molecule has 0 radical (unpaired) electrons. The fourth-order valence-electron chi connectivity index (χ4n) is 4.21. The SMILES string of the molecule is CCn1c(SCC(=O)Nc2sc3c(c2C(N)=O)CCC(C)C3)nnc1C(C)Oc1ccc(F)cc1F. The average Bonchev–Trinajstić information content (AvgIpc) is 3.39. The Labute approximate surface area is 215 Å². The molecule has 0 bridgehead atoms. The molecule has 2 heterocycles. The van der Waals surface area contributed by atoms with Crippen molar-refractivity contribution in [2.45, 2.75) is 57.8 Å². The second-order valence-corrected chi connectivity index (χ2v) is 10.7. The number of thiophene rings is 1. The number of nitrogens with zero attached hydrogens (tertiary/aromatic N) is 3. The van der Waals surface area contributed by atoms with Gasteiger partial charge in [0.25, 0.3) is 5.91 Å². The minimum atomic E-state index is -0.810. The molecule has 3 aromatic rings. The van der Waals surface area contributed by atoms with E-state index in [4.69, 9.17) is 10.5 Å². The number of aromatic nitrogens is 3. The number of primary amides is 1. The van der Waals surface area contributed by atoms with E-state index in [1.807, 2.05) is 6.92 Å². The third kappa shape index (κ3) is 5.54. The number of ether oxygens (including phenoxy) is 1. The summed E-state index contributed by atoms with van der Waals surface area (Å²) in [6.45, 7) is 6.23. The number of benzene rings is 1. The molecular weight excluding hydrogens is 508 g/mol. The largest absolute Gasteiger partial charge is 0.480 e. The molecule has 8 nitrogen and oxygen atoms in total. The number of carbonyl (C=O) groups excluding carboxylic acids is 2. The van der Waals surface area contributed by atoms with Gasteiger partial charge in [0.05, 0.1) is 11.3 Å². The second-order valence-electron chi connectivity index (χ2n) is 8.68. The molecule has 2 atom stereocenters. The molecule has 2 unspecified atom stereocenters. The summed E-state index contributed by atoms with van der Waals surface area (Å²) in [7, 11) is 0. The zero-order valence-corrected chi connectivity index (χ0v) is 21.8. The summed E-state index contributed by atoms with van der Waals surface area (Å²) in [4.78, 5) is 26.0. The number of fused-ring (bicyclic) bond motifs is 1. The van der Waals surface area contributed by atoms with E-state index in [-0.39, 0.29) is 17.4 Å². The second kappa shape index (κ2) is 11.0. The van der Waals surface area contributed by atoms with Crippen molar-refractivity contribution in [1.29, 1.82) is 0 Å². The quantitative estimate of drug-likeness (QED) is 0.383. The first-order valence-corrected chi connectivity index (χ1v) is 13.4. The Morgan fingerprint density at radius 2 is 2.14 bits per heavy atom. The maximum Gasteiger partial charge on any atom is 0.251 e. The monoisotopic (exact) mass is 535 g/mol. The molecule has 0 saturated heterocycles. The zero-order chi connectivity index (χ0) is 26.0. The Morgan fingerprint density at radius 1 is 1.36 bits per heavy atom. The molecule has 1 aliphatic carbocycles. The summed E-state index contributed by atoms with van der Waals surface area (Å²) >= 11 is 2.60. The molecule has 3 N–H and O–H groups in total. The third-order valence-corrected chi connectivity index (χ3v) is 8.10. The number of nitrogens with two attached hydrogens (primary N) is 1. The Balaban J connectivity index is 1.43. The smallest absolute Gasteiger partial charge is 0.251 e. The van der Waals surface area contributed by atoms with Crippen molar-refractivity contribution >= 4 is 39.9 Å². The van der Waals surface area contributed by atoms with Crippen molar-refractivity contribution in [2.75, 3.05) is 11.1 Å². The van der Waals surface area contributed by atoms with Crippen LogP contribution in [-0.2, 0) is 24.2 Å². The number of hydrogen-bond acceptors (Lipinski definition) is 7. The molecule has 0 aliphatic heterocycles. The van der Waals surface area contributed by atoms with Crippen LogP contribution in [0.5, 0.6) is 5.75 Å². The van der Waals surface area contributed by atoms with E-state index < -0.39 is 23.6 Å². The predicted octanol–water partition coefficient (Wildman–Crippen LogP) is 4.73. The van der Waals surface area contributed by atoms with Crippen LogP contribution in [0.1, 0.15) is 59.9 Å². The van der Waals surface area contributed by atoms with Crippen molar-refractivity contribution < 1.29 is 23.1 Å². The van der Waals surface area contributed by atoms with Crippen molar-refractivity contribution in [3.05, 3.63) is 51.7 Å². The summed E-state index contributed by atoms with van der Waals surface area (Å²) in [5.74, 6) is -1.42. The number of halogens is 2. The fourth-order valence-corrected chi connectivity index (χ4v) is 6.45. The van der Waals surface area contributed by atoms with Gasteiger partial charge < -0.3 is 20.4 Å². The minimum absolute atomic E-state index is 0.0388. The van der Waals surface area contributed by atoms with Crippen LogP contribution in [0.3, 0.4) is 0 Å². The average molecular weight is 536 g/mol. The zero-order valence-electron chi connectivity index (χ0n) is 20.1. The summed E-state index contributed by atoms with van der Waals surface area (Å²) in [6, 6.07) is 3.09. The maximum absolute atomic E-state index is 14.0. The number of amides is 2. The molecule has 36 heavy (non-hydrogen) atoms. The van der Waals surface area contributed by atoms with E-state index in [1.165, 1.54) is 29.2 Å². The first-order chi connectivity index (χ1) is 17.2. The first-order valence-electron chi connectivity index (χ1n) is 11.6. The Hall–Kier alpha value is -2.99. The summed E-state index contributed by atoms with van der Waals surface area (Å²) in [5, 5.41) is 12.2. The van der Waals surface area contributed by atoms with E-state index in [9.17, 15) is 18.4 Å². The highest BCUT2D eigenvalue weighted by atomic mass is 32.2. The van der Waals surface area contributed by atoms with Crippen molar-refractivity contribution in [1.82, 2.24) is 14.8 Å². The van der Waals surface area contributed by atoms with Gasteiger partial charge in [0.1, 0.15) is 10.8 Å². The van der Waals surface area contributed by atoms with Gasteiger partial charge in [-0.3, -0.25) is 9.59 Å². The molecule has 192 valence electrons. The van der Waals surface area contributed by atoms with E-state index in [2.05, 4.69) is 22.4 Å². The first kappa shape index (κ1) is 26.1. The third-order valence-electron chi connectivity index (χ3n) is 5.97. The molecule has 1 aliphatic rings. The van der Waals surface area contributed by atoms with Gasteiger partial charge in [0.15, 0.2) is 28.7 Å². The lowest BCUT2D eigenvalue weighted by Crippen LogP contribution is -2.20. The lowest BCUT2D eigenvalue weighted by molar-refractivity contribution is -0.113. The van der Waals surface area contributed by atoms with E-state index in [0.717, 1.165) is 41.8 Å². The van der Waals surface area contributed by atoms with Crippen LogP contribution in [-0.4, -0.2) is 32.3 Å². The number of hydrogen-bond donors (Lipinski definition) is 2. The normalized spacial score (nSPS) is 15.9. The van der Waals surface area contributed by atoms with Gasteiger partial charge in [0.2, 0.25) is 5.91 Å². The molecule has 12 heteroatoms. The minimum Gasteiger partial charge on any atom is -0.480 e. The molecule has 4 rings (SSSR count). The molecule has 2 aromatic heterocycles. The number of nitrogens with one attached hydrogen (secondary N) is 1. The van der Waals surface area contributed by atoms with Gasteiger partial charge in [-0.25, -0.2) is 8.78 Å². The van der Waals surface area contributed by atoms with Crippen LogP contribution in [0.25, 0.3) is 0 Å². The standard InChI is InChI=1S/C24H27F2N5O3S2/c1-4-31-22(13(3)34-17-8-6-14(25)10-16(17)26)29-30-24(31)35-11-19(32)28-23-20(21(27)33)15-7-5-12(2)9-18(15)36-23/h6,8,10,12-13H,4-5,7,9,11H2,1-3H3,(H2,27,33)(H,28,32).